The lowest BCUT2D eigenvalue weighted by Gasteiger charge is -2.25. The minimum atomic E-state index is -0.913. The number of aromatic nitrogens is 4. The summed E-state index contributed by atoms with van der Waals surface area (Å²) in [5.41, 5.74) is -0.720. The number of rotatable bonds is 9. The Morgan fingerprint density at radius 1 is 1.42 bits per heavy atom. The maximum atomic E-state index is 13.0. The molecule has 1 aliphatic heterocycles. The molecule has 1 saturated carbocycles. The minimum Gasteiger partial charge on any atom is -0.375 e. The van der Waals surface area contributed by atoms with E-state index in [2.05, 4.69) is 31.8 Å². The SMILES string of the molecule is COCC(=O)NCC(C)(C)n1cc(Nc2nccc(N3CC[C@@](C#N)(C4CC4)C3=O)n2)cn1. The van der Waals surface area contributed by atoms with Gasteiger partial charge in [-0.05, 0) is 45.1 Å². The highest BCUT2D eigenvalue weighted by atomic mass is 16.5. The molecule has 11 nitrogen and oxygen atoms in total. The molecule has 0 aromatic carbocycles. The molecule has 2 fully saturated rings. The number of carbonyl (C=O) groups excluding carboxylic acids is 2. The van der Waals surface area contributed by atoms with E-state index in [4.69, 9.17) is 4.74 Å². The van der Waals surface area contributed by atoms with Crippen LogP contribution >= 0.6 is 0 Å². The van der Waals surface area contributed by atoms with E-state index in [-0.39, 0.29) is 24.3 Å². The molecule has 0 radical (unpaired) electrons. The molecule has 2 aromatic heterocycles. The van der Waals surface area contributed by atoms with E-state index >= 15 is 0 Å². The molecule has 1 aliphatic carbocycles. The van der Waals surface area contributed by atoms with Gasteiger partial charge in [-0.1, -0.05) is 0 Å². The maximum absolute atomic E-state index is 13.0. The molecule has 3 heterocycles. The first-order valence-electron chi connectivity index (χ1n) is 10.9. The first-order valence-corrected chi connectivity index (χ1v) is 10.9. The molecule has 2 amide bonds. The number of methoxy groups -OCH3 is 1. The van der Waals surface area contributed by atoms with E-state index in [1.165, 1.54) is 7.11 Å². The van der Waals surface area contributed by atoms with Crippen LogP contribution < -0.4 is 15.5 Å². The van der Waals surface area contributed by atoms with Crippen LogP contribution in [-0.2, 0) is 19.9 Å². The molecule has 11 heteroatoms. The van der Waals surface area contributed by atoms with Crippen molar-refractivity contribution < 1.29 is 14.3 Å². The lowest BCUT2D eigenvalue weighted by Crippen LogP contribution is -2.42. The molecular formula is C22H28N8O3. The Bertz CT molecular complexity index is 1090. The topological polar surface area (TPSA) is 138 Å². The Morgan fingerprint density at radius 2 is 2.21 bits per heavy atom. The van der Waals surface area contributed by atoms with E-state index in [1.807, 2.05) is 13.8 Å². The standard InChI is InChI=1S/C22H28N8O3/c1-21(2,14-25-18(31)12-33-3)30-11-16(10-26-30)27-20-24-8-6-17(28-20)29-9-7-22(13-23,19(29)32)15-4-5-15/h6,8,10-11,15H,4-5,7,9,12,14H2,1-3H3,(H,25,31)(H,24,27,28)/t22-/m1/s1. The van der Waals surface area contributed by atoms with Crippen molar-refractivity contribution in [3.63, 3.8) is 0 Å². The van der Waals surface area contributed by atoms with Gasteiger partial charge in [0, 0.05) is 32.6 Å². The Balaban J connectivity index is 1.44. The number of nitrogens with zero attached hydrogens (tertiary/aromatic N) is 6. The van der Waals surface area contributed by atoms with Crippen LogP contribution in [0.4, 0.5) is 17.5 Å². The third-order valence-corrected chi connectivity index (χ3v) is 6.20. The van der Waals surface area contributed by atoms with Gasteiger partial charge in [0.05, 0.1) is 23.5 Å². The summed E-state index contributed by atoms with van der Waals surface area (Å²) in [6.45, 7) is 4.76. The van der Waals surface area contributed by atoms with E-state index in [9.17, 15) is 14.9 Å². The summed E-state index contributed by atoms with van der Waals surface area (Å²) in [4.78, 5) is 35.1. The van der Waals surface area contributed by atoms with E-state index in [0.717, 1.165) is 12.8 Å². The molecule has 1 atom stereocenters. The van der Waals surface area contributed by atoms with Gasteiger partial charge in [-0.3, -0.25) is 19.2 Å². The summed E-state index contributed by atoms with van der Waals surface area (Å²) in [5.74, 6) is 0.603. The van der Waals surface area contributed by atoms with Crippen molar-refractivity contribution in [2.45, 2.75) is 38.6 Å². The first-order chi connectivity index (χ1) is 15.8. The molecule has 2 aliphatic rings. The molecule has 1 saturated heterocycles. The van der Waals surface area contributed by atoms with Crippen molar-refractivity contribution in [2.24, 2.45) is 11.3 Å². The van der Waals surface area contributed by atoms with Gasteiger partial charge in [0.15, 0.2) is 0 Å². The normalized spacial score (nSPS) is 20.5. The summed E-state index contributed by atoms with van der Waals surface area (Å²) >= 11 is 0. The minimum absolute atomic E-state index is 0.00529. The zero-order valence-electron chi connectivity index (χ0n) is 19.0. The molecule has 0 bridgehead atoms. The fourth-order valence-corrected chi connectivity index (χ4v) is 4.09. The lowest BCUT2D eigenvalue weighted by atomic mass is 9.83. The largest absolute Gasteiger partial charge is 0.375 e. The van der Waals surface area contributed by atoms with Crippen molar-refractivity contribution >= 4 is 29.3 Å². The van der Waals surface area contributed by atoms with Crippen LogP contribution in [0.1, 0.15) is 33.1 Å². The van der Waals surface area contributed by atoms with Gasteiger partial charge in [-0.15, -0.1) is 0 Å². The van der Waals surface area contributed by atoms with Gasteiger partial charge in [-0.25, -0.2) is 4.98 Å². The second-order valence-electron chi connectivity index (χ2n) is 9.12. The molecular weight excluding hydrogens is 424 g/mol. The predicted molar refractivity (Wildman–Crippen MR) is 119 cm³/mol. The Kier molecular flexibility index (Phi) is 6.03. The van der Waals surface area contributed by atoms with Crippen LogP contribution in [0.3, 0.4) is 0 Å². The van der Waals surface area contributed by atoms with Crippen molar-refractivity contribution in [3.05, 3.63) is 24.7 Å². The molecule has 2 aromatic rings. The third-order valence-electron chi connectivity index (χ3n) is 6.20. The van der Waals surface area contributed by atoms with Gasteiger partial charge in [-0.2, -0.15) is 15.3 Å². The number of hydrogen-bond acceptors (Lipinski definition) is 8. The zero-order chi connectivity index (χ0) is 23.6. The lowest BCUT2D eigenvalue weighted by molar-refractivity contribution is -0.125. The predicted octanol–water partition coefficient (Wildman–Crippen LogP) is 1.57. The highest BCUT2D eigenvalue weighted by Gasteiger charge is 2.57. The number of hydrogen-bond donors (Lipinski definition) is 2. The summed E-state index contributed by atoms with van der Waals surface area (Å²) in [7, 11) is 1.47. The van der Waals surface area contributed by atoms with Crippen LogP contribution in [-0.4, -0.2) is 58.4 Å². The quantitative estimate of drug-likeness (QED) is 0.585. The summed E-state index contributed by atoms with van der Waals surface area (Å²) in [5, 5.41) is 20.0. The number of anilines is 3. The number of amides is 2. The summed E-state index contributed by atoms with van der Waals surface area (Å²) in [6.07, 6.45) is 7.42. The molecule has 4 rings (SSSR count). The smallest absolute Gasteiger partial charge is 0.248 e. The van der Waals surface area contributed by atoms with E-state index in [1.54, 1.807) is 34.2 Å². The van der Waals surface area contributed by atoms with Crippen molar-refractivity contribution in [1.82, 2.24) is 25.1 Å². The monoisotopic (exact) mass is 452 g/mol. The van der Waals surface area contributed by atoms with Crippen molar-refractivity contribution in [2.75, 3.05) is 37.0 Å². The van der Waals surface area contributed by atoms with Crippen LogP contribution in [0.5, 0.6) is 0 Å². The Hall–Kier alpha value is -3.52. The van der Waals surface area contributed by atoms with Crippen LogP contribution in [0.2, 0.25) is 0 Å². The average Bonchev–Trinajstić information content (AvgIpc) is 3.44. The molecule has 0 unspecified atom stereocenters. The third kappa shape index (κ3) is 4.52. The Labute approximate surface area is 192 Å². The van der Waals surface area contributed by atoms with Crippen molar-refractivity contribution in [3.8, 4) is 6.07 Å². The van der Waals surface area contributed by atoms with E-state index < -0.39 is 11.0 Å². The molecule has 0 spiro atoms. The molecule has 33 heavy (non-hydrogen) atoms. The average molecular weight is 453 g/mol. The second kappa shape index (κ2) is 8.78. The zero-order valence-corrected chi connectivity index (χ0v) is 19.0. The van der Waals surface area contributed by atoms with Gasteiger partial charge >= 0.3 is 0 Å². The number of nitrogens with one attached hydrogen (secondary N) is 2. The molecule has 174 valence electrons. The van der Waals surface area contributed by atoms with Crippen LogP contribution in [0, 0.1) is 22.7 Å². The van der Waals surface area contributed by atoms with Gasteiger partial charge < -0.3 is 15.4 Å². The van der Waals surface area contributed by atoms with Gasteiger partial charge in [0.1, 0.15) is 17.8 Å². The van der Waals surface area contributed by atoms with Crippen LogP contribution in [0.15, 0.2) is 24.7 Å². The van der Waals surface area contributed by atoms with Gasteiger partial charge in [0.2, 0.25) is 17.8 Å². The maximum Gasteiger partial charge on any atom is 0.248 e. The fourth-order valence-electron chi connectivity index (χ4n) is 4.09. The highest BCUT2D eigenvalue weighted by molar-refractivity contribution is 6.01. The highest BCUT2D eigenvalue weighted by Crippen LogP contribution is 2.51. The summed E-state index contributed by atoms with van der Waals surface area (Å²) in [6, 6.07) is 3.97. The first kappa shape index (κ1) is 22.7. The number of carbonyl (C=O) groups is 2. The number of nitriles is 1. The second-order valence-corrected chi connectivity index (χ2v) is 9.12. The van der Waals surface area contributed by atoms with Crippen LogP contribution in [0.25, 0.3) is 0 Å². The van der Waals surface area contributed by atoms with E-state index in [0.29, 0.717) is 37.0 Å². The Morgan fingerprint density at radius 3 is 2.91 bits per heavy atom. The molecule has 2 N–H and O–H groups in total. The van der Waals surface area contributed by atoms with Gasteiger partial charge in [0.25, 0.3) is 0 Å². The van der Waals surface area contributed by atoms with Crippen molar-refractivity contribution in [1.29, 1.82) is 5.26 Å². The number of ether oxygens (including phenoxy) is 1. The summed E-state index contributed by atoms with van der Waals surface area (Å²) < 4.78 is 6.58. The fraction of sp³-hybridized carbons (Fsp3) is 0.545.